The van der Waals surface area contributed by atoms with Crippen LogP contribution in [-0.2, 0) is 5.41 Å². The van der Waals surface area contributed by atoms with Crippen LogP contribution in [0.4, 0.5) is 11.4 Å². The van der Waals surface area contributed by atoms with E-state index in [1.54, 1.807) is 0 Å². The molecule has 0 amide bonds. The van der Waals surface area contributed by atoms with Crippen molar-refractivity contribution in [2.45, 2.75) is 31.1 Å². The van der Waals surface area contributed by atoms with Crippen LogP contribution in [0.1, 0.15) is 47.9 Å². The van der Waals surface area contributed by atoms with Gasteiger partial charge in [-0.05, 0) is 155 Å². The van der Waals surface area contributed by atoms with Gasteiger partial charge in [0, 0.05) is 17.1 Å². The van der Waals surface area contributed by atoms with Gasteiger partial charge in [0.15, 0.2) is 0 Å². The second-order valence-corrected chi connectivity index (χ2v) is 18.1. The van der Waals surface area contributed by atoms with Crippen molar-refractivity contribution in [1.29, 1.82) is 0 Å². The Morgan fingerprint density at radius 3 is 1.48 bits per heavy atom. The lowest BCUT2D eigenvalue weighted by atomic mass is 9.70. The molecule has 312 valence electrons. The summed E-state index contributed by atoms with van der Waals surface area (Å²) < 4.78 is 0. The first-order valence-electron chi connectivity index (χ1n) is 23.5. The molecule has 9 aromatic carbocycles. The quantitative estimate of drug-likeness (QED) is 0.155. The molecule has 0 radical (unpaired) electrons. The highest BCUT2D eigenvalue weighted by Crippen LogP contribution is 2.63. The normalized spacial score (nSPS) is 14.8. The molecule has 4 aliphatic rings. The molecule has 0 atom stereocenters. The van der Waals surface area contributed by atoms with E-state index >= 15 is 0 Å². The minimum absolute atomic E-state index is 0.433. The Kier molecular flexibility index (Phi) is 9.10. The van der Waals surface area contributed by atoms with Crippen LogP contribution in [0.25, 0.3) is 67.3 Å². The molecule has 9 aromatic rings. The number of hydrogen-bond acceptors (Lipinski definition) is 1. The van der Waals surface area contributed by atoms with Gasteiger partial charge in [0.2, 0.25) is 0 Å². The predicted molar refractivity (Wildman–Crippen MR) is 276 cm³/mol. The van der Waals surface area contributed by atoms with Crippen LogP contribution in [0, 0.1) is 0 Å². The predicted octanol–water partition coefficient (Wildman–Crippen LogP) is 15.2. The molecule has 1 heteroatoms. The Bertz CT molecular complexity index is 3530. The standard InChI is InChI=1S/C65H47N/c1-3-18-44(19-4-1)53-25-9-10-26-54(53)55-40-38-49(42-60(55)46-20-5-2-6-21-46)66(48-36-34-47(35-37-48)52-30-17-23-45-22-7-8-24-51(45)52)50-39-41-59-58-29-13-16-33-63(58)65(64(59)43-50)61-31-14-11-27-56(61)57-28-12-15-32-62(57)65/h1-16,18-29,31-34,36,38-43H,17,30,35,37H2. The first-order chi connectivity index (χ1) is 32.8. The molecule has 1 spiro atoms. The molecule has 0 unspecified atom stereocenters. The molecule has 0 saturated carbocycles. The van der Waals surface area contributed by atoms with Gasteiger partial charge >= 0.3 is 0 Å². The molecular formula is C65H47N. The average molecular weight is 842 g/mol. The van der Waals surface area contributed by atoms with Gasteiger partial charge in [-0.25, -0.2) is 0 Å². The molecule has 66 heavy (non-hydrogen) atoms. The number of benzene rings is 9. The van der Waals surface area contributed by atoms with Crippen molar-refractivity contribution < 1.29 is 0 Å². The molecule has 4 aliphatic carbocycles. The van der Waals surface area contributed by atoms with Crippen LogP contribution in [-0.4, -0.2) is 0 Å². The number of rotatable bonds is 7. The number of fused-ring (bicyclic) bond motifs is 11. The zero-order valence-corrected chi connectivity index (χ0v) is 36.8. The zero-order valence-electron chi connectivity index (χ0n) is 36.8. The monoisotopic (exact) mass is 841 g/mol. The first kappa shape index (κ1) is 38.5. The summed E-state index contributed by atoms with van der Waals surface area (Å²) in [6.07, 6.45) is 11.3. The van der Waals surface area contributed by atoms with E-state index in [1.807, 2.05) is 0 Å². The molecule has 0 aliphatic heterocycles. The summed E-state index contributed by atoms with van der Waals surface area (Å²) >= 11 is 0. The smallest absolute Gasteiger partial charge is 0.0726 e. The summed E-state index contributed by atoms with van der Waals surface area (Å²) in [5.74, 6) is 0. The van der Waals surface area contributed by atoms with E-state index in [9.17, 15) is 0 Å². The van der Waals surface area contributed by atoms with Crippen molar-refractivity contribution in [3.63, 3.8) is 0 Å². The Hall–Kier alpha value is -8.00. The lowest BCUT2D eigenvalue weighted by Gasteiger charge is -2.34. The van der Waals surface area contributed by atoms with Gasteiger partial charge < -0.3 is 4.90 Å². The number of allylic oxidation sites excluding steroid dienone is 4. The van der Waals surface area contributed by atoms with Crippen LogP contribution in [0.3, 0.4) is 0 Å². The molecule has 0 bridgehead atoms. The Morgan fingerprint density at radius 1 is 0.348 bits per heavy atom. The maximum atomic E-state index is 2.57. The first-order valence-corrected chi connectivity index (χ1v) is 23.5. The Balaban J connectivity index is 1.04. The van der Waals surface area contributed by atoms with Gasteiger partial charge in [0.25, 0.3) is 0 Å². The summed E-state index contributed by atoms with van der Waals surface area (Å²) in [6.45, 7) is 0. The van der Waals surface area contributed by atoms with Crippen LogP contribution < -0.4 is 15.3 Å². The maximum absolute atomic E-state index is 2.57. The third kappa shape index (κ3) is 5.93. The van der Waals surface area contributed by atoms with Crippen molar-refractivity contribution in [3.05, 3.63) is 275 Å². The third-order valence-electron chi connectivity index (χ3n) is 14.7. The summed E-state index contributed by atoms with van der Waals surface area (Å²) in [4.78, 5) is 2.57. The second-order valence-electron chi connectivity index (χ2n) is 18.1. The van der Waals surface area contributed by atoms with Crippen LogP contribution in [0.15, 0.2) is 242 Å². The van der Waals surface area contributed by atoms with E-state index in [-0.39, 0.29) is 0 Å². The number of hydrogen-bond donors (Lipinski definition) is 0. The van der Waals surface area contributed by atoms with Crippen LogP contribution in [0.5, 0.6) is 0 Å². The SMILES string of the molecule is C1=C(C2=c3ccccc3=CCC2)CCC(N(c2ccc(-c3ccccc3-c3ccccc3)c(-c3ccccc3)c2)c2ccc3c(c2)C2(c4ccccc4-c4ccccc42)c2ccccc2-3)=C1. The topological polar surface area (TPSA) is 3.24 Å². The van der Waals surface area contributed by atoms with Crippen molar-refractivity contribution in [2.75, 3.05) is 4.90 Å². The molecule has 1 nitrogen and oxygen atoms in total. The van der Waals surface area contributed by atoms with E-state index in [1.165, 1.54) is 111 Å². The van der Waals surface area contributed by atoms with Crippen molar-refractivity contribution in [2.24, 2.45) is 0 Å². The fourth-order valence-electron chi connectivity index (χ4n) is 11.9. The van der Waals surface area contributed by atoms with Crippen LogP contribution >= 0.6 is 0 Å². The lowest BCUT2D eigenvalue weighted by Crippen LogP contribution is -2.30. The van der Waals surface area contributed by atoms with Gasteiger partial charge in [0.1, 0.15) is 0 Å². The van der Waals surface area contributed by atoms with Gasteiger partial charge in [-0.2, -0.15) is 0 Å². The van der Waals surface area contributed by atoms with E-state index in [0.29, 0.717) is 0 Å². The zero-order chi connectivity index (χ0) is 43.6. The van der Waals surface area contributed by atoms with Crippen molar-refractivity contribution >= 4 is 23.0 Å². The fourth-order valence-corrected chi connectivity index (χ4v) is 11.9. The van der Waals surface area contributed by atoms with E-state index < -0.39 is 5.41 Å². The maximum Gasteiger partial charge on any atom is 0.0726 e. The minimum atomic E-state index is -0.433. The fraction of sp³-hybridized carbons (Fsp3) is 0.0769. The van der Waals surface area contributed by atoms with Gasteiger partial charge in [-0.1, -0.05) is 206 Å². The average Bonchev–Trinajstić information content (AvgIpc) is 3.86. The van der Waals surface area contributed by atoms with E-state index in [4.69, 9.17) is 0 Å². The van der Waals surface area contributed by atoms with E-state index in [2.05, 4.69) is 242 Å². The molecule has 0 N–H and O–H groups in total. The summed E-state index contributed by atoms with van der Waals surface area (Å²) in [5.41, 5.74) is 24.1. The summed E-state index contributed by atoms with van der Waals surface area (Å²) in [7, 11) is 0. The van der Waals surface area contributed by atoms with Crippen molar-refractivity contribution in [1.82, 2.24) is 0 Å². The highest BCUT2D eigenvalue weighted by molar-refractivity contribution is 5.97. The molecule has 0 aromatic heterocycles. The van der Waals surface area contributed by atoms with Crippen molar-refractivity contribution in [3.8, 4) is 55.6 Å². The third-order valence-corrected chi connectivity index (χ3v) is 14.7. The largest absolute Gasteiger partial charge is 0.314 e. The Labute approximate surface area is 387 Å². The Morgan fingerprint density at radius 2 is 0.848 bits per heavy atom. The van der Waals surface area contributed by atoms with E-state index in [0.717, 1.165) is 31.4 Å². The second kappa shape index (κ2) is 15.6. The highest BCUT2D eigenvalue weighted by Gasteiger charge is 2.51. The lowest BCUT2D eigenvalue weighted by molar-refractivity contribution is 0.793. The van der Waals surface area contributed by atoms with Crippen LogP contribution in [0.2, 0.25) is 0 Å². The molecule has 0 fully saturated rings. The van der Waals surface area contributed by atoms with Gasteiger partial charge in [0.05, 0.1) is 5.41 Å². The molecular weight excluding hydrogens is 795 g/mol. The summed E-state index contributed by atoms with van der Waals surface area (Å²) in [6, 6.07) is 81.5. The van der Waals surface area contributed by atoms with Gasteiger partial charge in [-0.3, -0.25) is 0 Å². The molecule has 0 saturated heterocycles. The number of nitrogens with zero attached hydrogens (tertiary/aromatic N) is 1. The number of anilines is 2. The molecule has 13 rings (SSSR count). The highest BCUT2D eigenvalue weighted by atomic mass is 15.1. The summed E-state index contributed by atoms with van der Waals surface area (Å²) in [5, 5.41) is 2.75. The minimum Gasteiger partial charge on any atom is -0.314 e. The molecule has 0 heterocycles. The van der Waals surface area contributed by atoms with Gasteiger partial charge in [-0.15, -0.1) is 0 Å².